The first-order chi connectivity index (χ1) is 14.2. The molecule has 29 heavy (non-hydrogen) atoms. The molecule has 0 saturated carbocycles. The van der Waals surface area contributed by atoms with Crippen molar-refractivity contribution in [1.82, 2.24) is 25.1 Å². The van der Waals surface area contributed by atoms with E-state index in [2.05, 4.69) is 25.7 Å². The molecule has 0 atom stereocenters. The molecule has 3 aromatic rings. The van der Waals surface area contributed by atoms with Crippen LogP contribution in [0.1, 0.15) is 10.4 Å². The van der Waals surface area contributed by atoms with E-state index in [1.54, 1.807) is 49.4 Å². The molecule has 0 spiro atoms. The lowest BCUT2D eigenvalue weighted by Gasteiger charge is -2.09. The summed E-state index contributed by atoms with van der Waals surface area (Å²) in [6.07, 6.45) is 3.66. The number of hydrogen-bond donors (Lipinski definition) is 2. The van der Waals surface area contributed by atoms with Crippen molar-refractivity contribution in [3.8, 4) is 5.75 Å². The second-order valence-electron chi connectivity index (χ2n) is 6.07. The Labute approximate surface area is 173 Å². The Morgan fingerprint density at radius 3 is 2.86 bits per heavy atom. The number of fused-ring (bicyclic) bond motifs is 1. The number of carbonyl (C=O) groups is 1. The van der Waals surface area contributed by atoms with Crippen LogP contribution in [0.5, 0.6) is 5.75 Å². The first-order valence-electron chi connectivity index (χ1n) is 9.09. The largest absolute Gasteiger partial charge is 0.497 e. The second-order valence-corrected chi connectivity index (χ2v) is 6.84. The fourth-order valence-electron chi connectivity index (χ4n) is 2.74. The molecule has 1 aromatic carbocycles. The van der Waals surface area contributed by atoms with E-state index in [9.17, 15) is 4.79 Å². The Bertz CT molecular complexity index is 978. The van der Waals surface area contributed by atoms with Crippen molar-refractivity contribution in [3.63, 3.8) is 0 Å². The molecule has 0 aliphatic carbocycles. The van der Waals surface area contributed by atoms with Crippen molar-refractivity contribution in [1.29, 1.82) is 0 Å². The molecule has 0 unspecified atom stereocenters. The molecule has 2 heterocycles. The topological polar surface area (TPSA) is 103 Å². The zero-order valence-electron chi connectivity index (χ0n) is 16.6. The number of aromatic nitrogens is 4. The van der Waals surface area contributed by atoms with Crippen molar-refractivity contribution < 1.29 is 14.3 Å². The fourth-order valence-corrected chi connectivity index (χ4v) is 3.10. The number of methoxy groups -OCH3 is 2. The monoisotopic (exact) mass is 416 g/mol. The molecule has 1 amide bonds. The van der Waals surface area contributed by atoms with Crippen LogP contribution >= 0.6 is 11.8 Å². The molecular formula is C19H24N6O3S. The van der Waals surface area contributed by atoms with Gasteiger partial charge in [0.05, 0.1) is 31.8 Å². The first-order valence-corrected chi connectivity index (χ1v) is 10.3. The summed E-state index contributed by atoms with van der Waals surface area (Å²) in [5, 5.41) is 12.1. The van der Waals surface area contributed by atoms with Gasteiger partial charge < -0.3 is 20.1 Å². The summed E-state index contributed by atoms with van der Waals surface area (Å²) in [5.41, 5.74) is 1.27. The maximum absolute atomic E-state index is 12.4. The summed E-state index contributed by atoms with van der Waals surface area (Å²) in [4.78, 5) is 21.5. The lowest BCUT2D eigenvalue weighted by molar-refractivity contribution is 0.0951. The second kappa shape index (κ2) is 10.1. The zero-order valence-corrected chi connectivity index (χ0v) is 17.5. The van der Waals surface area contributed by atoms with Crippen molar-refractivity contribution in [2.75, 3.05) is 45.5 Å². The molecule has 0 fully saturated rings. The number of carbonyl (C=O) groups excluding carboxylic acids is 1. The number of benzene rings is 1. The minimum atomic E-state index is -0.165. The summed E-state index contributed by atoms with van der Waals surface area (Å²) in [6.45, 7) is 2.11. The van der Waals surface area contributed by atoms with Crippen molar-refractivity contribution in [2.45, 2.75) is 11.7 Å². The quantitative estimate of drug-likeness (QED) is 0.294. The fraction of sp³-hybridized carbons (Fsp3) is 0.368. The van der Waals surface area contributed by atoms with Gasteiger partial charge in [0.15, 0.2) is 10.8 Å². The molecule has 0 bridgehead atoms. The molecule has 10 heteroatoms. The minimum absolute atomic E-state index is 0.165. The number of ether oxygens (including phenoxy) is 2. The van der Waals surface area contributed by atoms with E-state index in [0.717, 1.165) is 16.9 Å². The average Bonchev–Trinajstić information content (AvgIpc) is 3.16. The molecule has 0 aliphatic heterocycles. The number of thioether (sulfide) groups is 1. The highest BCUT2D eigenvalue weighted by Gasteiger charge is 2.13. The standard InChI is InChI=1S/C19H24N6O3S/c1-27-10-8-20-16-15-12-22-25(17(15)24-19(23-16)29-3)9-7-21-18(26)13-5-4-6-14(11-13)28-2/h4-6,11-12H,7-10H2,1-3H3,(H,21,26)(H,20,23,24). The molecule has 9 nitrogen and oxygen atoms in total. The van der Waals surface area contributed by atoms with Gasteiger partial charge in [0, 0.05) is 25.8 Å². The van der Waals surface area contributed by atoms with E-state index in [1.807, 2.05) is 6.26 Å². The Morgan fingerprint density at radius 2 is 2.10 bits per heavy atom. The summed E-state index contributed by atoms with van der Waals surface area (Å²) in [7, 11) is 3.23. The van der Waals surface area contributed by atoms with Gasteiger partial charge >= 0.3 is 0 Å². The van der Waals surface area contributed by atoms with Crippen LogP contribution in [0.15, 0.2) is 35.6 Å². The van der Waals surface area contributed by atoms with Crippen LogP contribution in [-0.2, 0) is 11.3 Å². The molecule has 154 valence electrons. The lowest BCUT2D eigenvalue weighted by atomic mass is 10.2. The van der Waals surface area contributed by atoms with Gasteiger partial charge in [-0.1, -0.05) is 17.8 Å². The van der Waals surface area contributed by atoms with Crippen LogP contribution < -0.4 is 15.4 Å². The van der Waals surface area contributed by atoms with Gasteiger partial charge in [0.2, 0.25) is 0 Å². The number of hydrogen-bond acceptors (Lipinski definition) is 8. The third-order valence-electron chi connectivity index (χ3n) is 4.20. The third-order valence-corrected chi connectivity index (χ3v) is 4.75. The Balaban J connectivity index is 1.69. The van der Waals surface area contributed by atoms with Crippen molar-refractivity contribution in [3.05, 3.63) is 36.0 Å². The predicted octanol–water partition coefficient (Wildman–Crippen LogP) is 2.05. The Kier molecular flexibility index (Phi) is 7.25. The van der Waals surface area contributed by atoms with Crippen LogP contribution in [0.3, 0.4) is 0 Å². The lowest BCUT2D eigenvalue weighted by Crippen LogP contribution is -2.27. The Morgan fingerprint density at radius 1 is 1.24 bits per heavy atom. The van der Waals surface area contributed by atoms with Gasteiger partial charge in [-0.3, -0.25) is 4.79 Å². The molecule has 2 aromatic heterocycles. The Hall–Kier alpha value is -2.85. The van der Waals surface area contributed by atoms with E-state index in [0.29, 0.717) is 42.7 Å². The van der Waals surface area contributed by atoms with Gasteiger partial charge in [-0.15, -0.1) is 0 Å². The smallest absolute Gasteiger partial charge is 0.251 e. The number of nitrogens with one attached hydrogen (secondary N) is 2. The third kappa shape index (κ3) is 5.15. The maximum atomic E-state index is 12.4. The van der Waals surface area contributed by atoms with Gasteiger partial charge in [-0.25, -0.2) is 14.6 Å². The van der Waals surface area contributed by atoms with E-state index in [4.69, 9.17) is 9.47 Å². The average molecular weight is 417 g/mol. The summed E-state index contributed by atoms with van der Waals surface area (Å²) in [6, 6.07) is 7.04. The predicted molar refractivity (Wildman–Crippen MR) is 113 cm³/mol. The number of anilines is 1. The highest BCUT2D eigenvalue weighted by molar-refractivity contribution is 7.98. The first kappa shape index (κ1) is 20.9. The van der Waals surface area contributed by atoms with Crippen LogP contribution in [-0.4, -0.2) is 65.8 Å². The van der Waals surface area contributed by atoms with Gasteiger partial charge in [-0.05, 0) is 24.5 Å². The summed E-state index contributed by atoms with van der Waals surface area (Å²) < 4.78 is 12.0. The molecular weight excluding hydrogens is 392 g/mol. The van der Waals surface area contributed by atoms with Crippen LogP contribution in [0.4, 0.5) is 5.82 Å². The molecule has 0 aliphatic rings. The number of nitrogens with zero attached hydrogens (tertiary/aromatic N) is 4. The van der Waals surface area contributed by atoms with Crippen molar-refractivity contribution in [2.24, 2.45) is 0 Å². The van der Waals surface area contributed by atoms with Crippen LogP contribution in [0.25, 0.3) is 11.0 Å². The van der Waals surface area contributed by atoms with Crippen LogP contribution in [0.2, 0.25) is 0 Å². The maximum Gasteiger partial charge on any atom is 0.251 e. The summed E-state index contributed by atoms with van der Waals surface area (Å²) >= 11 is 1.46. The number of amides is 1. The van der Waals surface area contributed by atoms with Crippen LogP contribution in [0, 0.1) is 0 Å². The SMILES string of the molecule is COCCNc1nc(SC)nc2c1cnn2CCNC(=O)c1cccc(OC)c1. The van der Waals surface area contributed by atoms with Gasteiger partial charge in [-0.2, -0.15) is 5.10 Å². The zero-order chi connectivity index (χ0) is 20.6. The summed E-state index contributed by atoms with van der Waals surface area (Å²) in [5.74, 6) is 1.20. The van der Waals surface area contributed by atoms with E-state index < -0.39 is 0 Å². The molecule has 0 radical (unpaired) electrons. The van der Waals surface area contributed by atoms with Crippen molar-refractivity contribution >= 4 is 34.5 Å². The molecule has 0 saturated heterocycles. The van der Waals surface area contributed by atoms with E-state index in [-0.39, 0.29) is 5.91 Å². The highest BCUT2D eigenvalue weighted by Crippen LogP contribution is 2.23. The number of rotatable bonds is 10. The normalized spacial score (nSPS) is 10.9. The highest BCUT2D eigenvalue weighted by atomic mass is 32.2. The van der Waals surface area contributed by atoms with Gasteiger partial charge in [0.1, 0.15) is 11.6 Å². The van der Waals surface area contributed by atoms with E-state index in [1.165, 1.54) is 11.8 Å². The molecule has 3 rings (SSSR count). The molecule has 2 N–H and O–H groups in total. The van der Waals surface area contributed by atoms with E-state index >= 15 is 0 Å². The minimum Gasteiger partial charge on any atom is -0.497 e. The van der Waals surface area contributed by atoms with Gasteiger partial charge in [0.25, 0.3) is 5.91 Å².